The second-order valence-corrected chi connectivity index (χ2v) is 43.6. The molecule has 314 valence electrons. The number of hydrogen-bond acceptors (Lipinski definition) is 16. The van der Waals surface area contributed by atoms with Crippen LogP contribution in [0.3, 0.4) is 0 Å². The Labute approximate surface area is 327 Å². The molecule has 0 aliphatic carbocycles. The molecule has 4 N–H and O–H groups in total. The summed E-state index contributed by atoms with van der Waals surface area (Å²) in [6.07, 6.45) is 1.71. The van der Waals surface area contributed by atoms with Gasteiger partial charge in [0.1, 0.15) is 0 Å². The van der Waals surface area contributed by atoms with Gasteiger partial charge in [-0.25, -0.2) is 0 Å². The summed E-state index contributed by atoms with van der Waals surface area (Å²) in [6.45, 7) is 11.8. The maximum atomic E-state index is 12.1. The van der Waals surface area contributed by atoms with Crippen molar-refractivity contribution in [1.29, 1.82) is 0 Å². The number of nitrogens with zero attached hydrogens (tertiary/aromatic N) is 3. The maximum absolute atomic E-state index is 12.1. The Morgan fingerprint density at radius 3 is 1.55 bits per heavy atom. The molecule has 3 saturated heterocycles. The first kappa shape index (κ1) is 48.6. The minimum absolute atomic E-state index is 0.0453. The standard InChI is InChI=1S/C25H70N3O16Si9/c1-26(2,3)20-17-23-51(30,31)35-45(11,29)34-47(13)37-48(14,41-52(32,40-47)24-18-21-27(4,5)6)38-50(16)39-49(15)36-46(12,33-10)42-53(43-49,44-50)25-19-22-28(7,8)9/h29-32H,17-25H2,1-16H3/q+3. The molecular formula is C25H70N3O16Si9+3. The van der Waals surface area contributed by atoms with Crippen LogP contribution in [0.5, 0.6) is 0 Å². The lowest BCUT2D eigenvalue weighted by molar-refractivity contribution is -0.870. The molecule has 0 aromatic rings. The first-order chi connectivity index (χ1) is 23.5. The highest BCUT2D eigenvalue weighted by Crippen LogP contribution is 2.45. The SMILES string of the molecule is CO[Si]1(C)O[Si]2(C)O[Si](C)(O[Si]3(C)O[Si](O)(CCC[N+](C)(C)C)O[Si](C)(O[Si](C)(O)O[Si](O)(O)CCC[N+](C)(C)C)O3)O[Si](CCC[N+](C)(C)C)(O1)O2. The van der Waals surface area contributed by atoms with Gasteiger partial charge in [-0.15, -0.1) is 0 Å². The molecule has 19 nitrogen and oxygen atoms in total. The van der Waals surface area contributed by atoms with Gasteiger partial charge in [-0.2, -0.15) is 0 Å². The van der Waals surface area contributed by atoms with E-state index >= 15 is 0 Å². The topological polar surface area (TPSA) is 192 Å². The van der Waals surface area contributed by atoms with Gasteiger partial charge < -0.3 is 82.3 Å². The molecule has 0 amide bonds. The third kappa shape index (κ3) is 15.7. The summed E-state index contributed by atoms with van der Waals surface area (Å²) in [4.78, 5) is 45.3. The van der Waals surface area contributed by atoms with Crippen LogP contribution in [0.25, 0.3) is 0 Å². The first-order valence-corrected chi connectivity index (χ1v) is 37.3. The Morgan fingerprint density at radius 2 is 1.02 bits per heavy atom. The van der Waals surface area contributed by atoms with E-state index in [0.29, 0.717) is 40.9 Å². The molecule has 3 fully saturated rings. The van der Waals surface area contributed by atoms with Crippen molar-refractivity contribution >= 4 is 79.2 Å². The fourth-order valence-electron chi connectivity index (χ4n) is 6.52. The molecule has 0 aromatic heterocycles. The lowest BCUT2D eigenvalue weighted by Gasteiger charge is -2.56. The minimum atomic E-state index is -4.37. The Hall–Kier alpha value is 1.19. The summed E-state index contributed by atoms with van der Waals surface area (Å²) in [5.41, 5.74) is 0. The van der Waals surface area contributed by atoms with E-state index in [1.54, 1.807) is 26.2 Å². The van der Waals surface area contributed by atoms with Crippen molar-refractivity contribution in [3.8, 4) is 0 Å². The summed E-state index contributed by atoms with van der Waals surface area (Å²) >= 11 is 0. The normalized spacial score (nSPS) is 38.5. The van der Waals surface area contributed by atoms with Gasteiger partial charge in [0.25, 0.3) is 0 Å². The minimum Gasteiger partial charge on any atom is -0.391 e. The van der Waals surface area contributed by atoms with E-state index in [1.165, 1.54) is 20.2 Å². The third-order valence-electron chi connectivity index (χ3n) is 8.26. The van der Waals surface area contributed by atoms with Crippen LogP contribution >= 0.6 is 0 Å². The molecule has 3 heterocycles. The second-order valence-electron chi connectivity index (χ2n) is 18.0. The summed E-state index contributed by atoms with van der Waals surface area (Å²) in [6, 6.07) is 0.560. The van der Waals surface area contributed by atoms with E-state index < -0.39 is 79.2 Å². The van der Waals surface area contributed by atoms with E-state index in [9.17, 15) is 19.2 Å². The number of rotatable bonds is 19. The van der Waals surface area contributed by atoms with Crippen LogP contribution in [0.4, 0.5) is 0 Å². The van der Waals surface area contributed by atoms with Crippen LogP contribution in [-0.4, -0.2) is 202 Å². The predicted octanol–water partition coefficient (Wildman–Crippen LogP) is 0.343. The first-order valence-electron chi connectivity index (χ1n) is 18.0. The van der Waals surface area contributed by atoms with Crippen LogP contribution in [0.1, 0.15) is 19.3 Å². The summed E-state index contributed by atoms with van der Waals surface area (Å²) in [5, 5.41) is 0. The largest absolute Gasteiger partial charge is 0.488 e. The average molecular weight is 922 g/mol. The molecule has 0 spiro atoms. The molecule has 28 heteroatoms. The summed E-state index contributed by atoms with van der Waals surface area (Å²) in [5.74, 6) is 0. The van der Waals surface area contributed by atoms with Gasteiger partial charge in [-0.1, -0.05) is 0 Å². The van der Waals surface area contributed by atoms with Gasteiger partial charge in [0.2, 0.25) is 0 Å². The van der Waals surface area contributed by atoms with Crippen molar-refractivity contribution in [2.75, 3.05) is 90.2 Å². The van der Waals surface area contributed by atoms with Crippen LogP contribution in [0, 0.1) is 0 Å². The van der Waals surface area contributed by atoms with Gasteiger partial charge in [0.05, 0.1) is 83.1 Å². The van der Waals surface area contributed by atoms with Gasteiger partial charge in [-0.05, 0) is 0 Å². The van der Waals surface area contributed by atoms with Crippen molar-refractivity contribution in [2.24, 2.45) is 0 Å². The van der Waals surface area contributed by atoms with E-state index in [0.717, 1.165) is 17.4 Å². The van der Waals surface area contributed by atoms with Gasteiger partial charge >= 0.3 is 79.2 Å². The van der Waals surface area contributed by atoms with Gasteiger partial charge in [-0.3, -0.25) is 0 Å². The van der Waals surface area contributed by atoms with E-state index in [-0.39, 0.29) is 12.1 Å². The highest BCUT2D eigenvalue weighted by molar-refractivity contribution is 6.98. The molecule has 3 aliphatic rings. The second kappa shape index (κ2) is 16.3. The molecule has 3 rings (SSSR count). The quantitative estimate of drug-likeness (QED) is 0.102. The Balaban J connectivity index is 1.94. The zero-order valence-electron chi connectivity index (χ0n) is 34.9. The molecule has 8 atom stereocenters. The summed E-state index contributed by atoms with van der Waals surface area (Å²) in [7, 11) is -15.2. The summed E-state index contributed by atoms with van der Waals surface area (Å²) < 4.78 is 78.1. The van der Waals surface area contributed by atoms with Crippen LogP contribution < -0.4 is 0 Å². The van der Waals surface area contributed by atoms with Gasteiger partial charge in [0, 0.05) is 83.8 Å². The van der Waals surface area contributed by atoms with Crippen molar-refractivity contribution < 1.29 is 82.3 Å². The van der Waals surface area contributed by atoms with Crippen molar-refractivity contribution in [3.05, 3.63) is 0 Å². The smallest absolute Gasteiger partial charge is 0.391 e. The monoisotopic (exact) mass is 920 g/mol. The molecule has 0 aromatic carbocycles. The van der Waals surface area contributed by atoms with E-state index in [1.807, 2.05) is 42.3 Å². The lowest BCUT2D eigenvalue weighted by Crippen LogP contribution is -2.82. The Kier molecular flexibility index (Phi) is 15.0. The molecule has 3 aliphatic heterocycles. The number of fused-ring (bicyclic) bond motifs is 2. The lowest BCUT2D eigenvalue weighted by atomic mass is 10.4. The molecule has 0 saturated carbocycles. The molecule has 8 unspecified atom stereocenters. The maximum Gasteiger partial charge on any atom is 0.488 e. The molecule has 2 bridgehead atoms. The Bertz CT molecular complexity index is 1270. The van der Waals surface area contributed by atoms with Crippen molar-refractivity contribution in [1.82, 2.24) is 0 Å². The zero-order chi connectivity index (χ0) is 40.8. The van der Waals surface area contributed by atoms with Crippen LogP contribution in [0.15, 0.2) is 0 Å². The van der Waals surface area contributed by atoms with Crippen molar-refractivity contribution in [2.45, 2.75) is 76.7 Å². The van der Waals surface area contributed by atoms with E-state index in [2.05, 4.69) is 21.1 Å². The van der Waals surface area contributed by atoms with Crippen LogP contribution in [-0.2, 0) is 49.7 Å². The molecule has 0 radical (unpaired) electrons. The highest BCUT2D eigenvalue weighted by Gasteiger charge is 2.74. The fourth-order valence-corrected chi connectivity index (χ4v) is 48.6. The number of hydrogen-bond donors (Lipinski definition) is 4. The van der Waals surface area contributed by atoms with Gasteiger partial charge in [0.15, 0.2) is 0 Å². The Morgan fingerprint density at radius 1 is 0.566 bits per heavy atom. The average Bonchev–Trinajstić information content (AvgIpc) is 2.81. The highest BCUT2D eigenvalue weighted by atomic mass is 28.6. The third-order valence-corrected chi connectivity index (χ3v) is 43.3. The molecule has 53 heavy (non-hydrogen) atoms. The van der Waals surface area contributed by atoms with Crippen molar-refractivity contribution in [3.63, 3.8) is 0 Å². The van der Waals surface area contributed by atoms with E-state index in [4.69, 9.17) is 49.7 Å². The zero-order valence-corrected chi connectivity index (χ0v) is 43.9. The van der Waals surface area contributed by atoms with Crippen LogP contribution in [0.2, 0.25) is 57.4 Å². The molecular weight excluding hydrogens is 851 g/mol. The number of quaternary nitrogens is 3. The fraction of sp³-hybridized carbons (Fsp3) is 1.00. The predicted molar refractivity (Wildman–Crippen MR) is 212 cm³/mol.